The number of amidine groups is 1. The molecule has 0 aliphatic heterocycles. The highest BCUT2D eigenvalue weighted by molar-refractivity contribution is 5.96. The van der Waals surface area contributed by atoms with Crippen molar-refractivity contribution in [3.05, 3.63) is 59.4 Å². The van der Waals surface area contributed by atoms with Gasteiger partial charge in [-0.15, -0.1) is 0 Å². The number of nitrogens with two attached hydrogens (primary N) is 1. The molecule has 0 fully saturated rings. The van der Waals surface area contributed by atoms with Gasteiger partial charge in [-0.2, -0.15) is 0 Å². The molecule has 98 valence electrons. The second kappa shape index (κ2) is 5.52. The van der Waals surface area contributed by atoms with Crippen LogP contribution in [0.4, 0.5) is 5.69 Å². The topological polar surface area (TPSA) is 66.0 Å². The Hall–Kier alpha value is -2.36. The number of nitrogen functional groups attached to an aromatic ring is 1. The maximum absolute atomic E-state index is 7.49. The fourth-order valence-corrected chi connectivity index (χ4v) is 2.01. The van der Waals surface area contributed by atoms with Crippen LogP contribution in [0.2, 0.25) is 0 Å². The van der Waals surface area contributed by atoms with Crippen molar-refractivity contribution in [2.45, 2.75) is 13.5 Å². The molecule has 0 radical (unpaired) electrons. The molecule has 0 saturated carbocycles. The molecule has 1 aromatic carbocycles. The minimum atomic E-state index is 0.108. The molecule has 4 nitrogen and oxygen atoms in total. The van der Waals surface area contributed by atoms with Crippen molar-refractivity contribution in [2.75, 3.05) is 11.9 Å². The normalized spacial score (nSPS) is 10.2. The SMILES string of the molecule is Cc1cc(N(C)Cc2ccccn2)ccc1C(=N)N. The lowest BCUT2D eigenvalue weighted by molar-refractivity contribution is 0.884. The molecule has 1 heterocycles. The Morgan fingerprint density at radius 1 is 1.32 bits per heavy atom. The van der Waals surface area contributed by atoms with Crippen LogP contribution < -0.4 is 10.6 Å². The van der Waals surface area contributed by atoms with Crippen molar-refractivity contribution in [3.8, 4) is 0 Å². The van der Waals surface area contributed by atoms with E-state index in [1.54, 1.807) is 6.20 Å². The summed E-state index contributed by atoms with van der Waals surface area (Å²) < 4.78 is 0. The number of benzene rings is 1. The number of aryl methyl sites for hydroxylation is 1. The fourth-order valence-electron chi connectivity index (χ4n) is 2.01. The van der Waals surface area contributed by atoms with Crippen LogP contribution in [0.5, 0.6) is 0 Å². The number of rotatable bonds is 4. The van der Waals surface area contributed by atoms with Crippen LogP contribution in [0.1, 0.15) is 16.8 Å². The van der Waals surface area contributed by atoms with Crippen LogP contribution in [0.3, 0.4) is 0 Å². The van der Waals surface area contributed by atoms with Gasteiger partial charge in [0, 0.05) is 24.5 Å². The number of hydrogen-bond acceptors (Lipinski definition) is 3. The Bertz CT molecular complexity index is 578. The third-order valence-corrected chi connectivity index (χ3v) is 3.07. The predicted octanol–water partition coefficient (Wildman–Crippen LogP) is 2.31. The summed E-state index contributed by atoms with van der Waals surface area (Å²) in [4.78, 5) is 6.44. The molecule has 0 spiro atoms. The Morgan fingerprint density at radius 2 is 2.11 bits per heavy atom. The van der Waals surface area contributed by atoms with Crippen molar-refractivity contribution < 1.29 is 0 Å². The quantitative estimate of drug-likeness (QED) is 0.650. The minimum absolute atomic E-state index is 0.108. The van der Waals surface area contributed by atoms with Gasteiger partial charge in [0.2, 0.25) is 0 Å². The monoisotopic (exact) mass is 254 g/mol. The second-order valence-corrected chi connectivity index (χ2v) is 4.59. The van der Waals surface area contributed by atoms with E-state index in [1.807, 2.05) is 50.4 Å². The number of nitrogens with zero attached hydrogens (tertiary/aromatic N) is 2. The van der Waals surface area contributed by atoms with Gasteiger partial charge < -0.3 is 10.6 Å². The summed E-state index contributed by atoms with van der Waals surface area (Å²) in [5.41, 5.74) is 9.44. The Balaban J connectivity index is 2.18. The van der Waals surface area contributed by atoms with Crippen LogP contribution in [-0.2, 0) is 6.54 Å². The minimum Gasteiger partial charge on any atom is -0.384 e. The summed E-state index contributed by atoms with van der Waals surface area (Å²) in [6.45, 7) is 2.72. The molecule has 0 amide bonds. The zero-order chi connectivity index (χ0) is 13.8. The summed E-state index contributed by atoms with van der Waals surface area (Å²) in [5.74, 6) is 0.108. The zero-order valence-corrected chi connectivity index (χ0v) is 11.2. The first-order valence-corrected chi connectivity index (χ1v) is 6.14. The van der Waals surface area contributed by atoms with E-state index in [-0.39, 0.29) is 5.84 Å². The Morgan fingerprint density at radius 3 is 2.68 bits per heavy atom. The molecule has 2 rings (SSSR count). The van der Waals surface area contributed by atoms with Gasteiger partial charge in [-0.3, -0.25) is 10.4 Å². The molecule has 19 heavy (non-hydrogen) atoms. The second-order valence-electron chi connectivity index (χ2n) is 4.59. The highest BCUT2D eigenvalue weighted by Gasteiger charge is 2.06. The first-order valence-electron chi connectivity index (χ1n) is 6.14. The first-order chi connectivity index (χ1) is 9.08. The zero-order valence-electron chi connectivity index (χ0n) is 11.2. The van der Waals surface area contributed by atoms with E-state index in [9.17, 15) is 0 Å². The first kappa shape index (κ1) is 13.1. The van der Waals surface area contributed by atoms with Gasteiger partial charge in [0.25, 0.3) is 0 Å². The number of hydrogen-bond donors (Lipinski definition) is 2. The molecule has 0 aliphatic rings. The van der Waals surface area contributed by atoms with Gasteiger partial charge in [0.1, 0.15) is 5.84 Å². The highest BCUT2D eigenvalue weighted by atomic mass is 15.1. The van der Waals surface area contributed by atoms with Gasteiger partial charge in [-0.05, 0) is 42.8 Å². The van der Waals surface area contributed by atoms with Gasteiger partial charge in [-0.25, -0.2) is 0 Å². The van der Waals surface area contributed by atoms with E-state index >= 15 is 0 Å². The summed E-state index contributed by atoms with van der Waals surface area (Å²) >= 11 is 0. The lowest BCUT2D eigenvalue weighted by atomic mass is 10.1. The lowest BCUT2D eigenvalue weighted by Gasteiger charge is -2.20. The number of aromatic nitrogens is 1. The fraction of sp³-hybridized carbons (Fsp3) is 0.200. The maximum Gasteiger partial charge on any atom is 0.123 e. The molecule has 1 aromatic heterocycles. The van der Waals surface area contributed by atoms with Crippen LogP contribution in [0.25, 0.3) is 0 Å². The molecule has 3 N–H and O–H groups in total. The molecule has 2 aromatic rings. The molecule has 0 saturated heterocycles. The van der Waals surface area contributed by atoms with Crippen molar-refractivity contribution >= 4 is 11.5 Å². The molecule has 0 unspecified atom stereocenters. The summed E-state index contributed by atoms with van der Waals surface area (Å²) in [6.07, 6.45) is 1.80. The van der Waals surface area contributed by atoms with Crippen molar-refractivity contribution in [2.24, 2.45) is 5.73 Å². The van der Waals surface area contributed by atoms with E-state index in [1.165, 1.54) is 0 Å². The third-order valence-electron chi connectivity index (χ3n) is 3.07. The van der Waals surface area contributed by atoms with Gasteiger partial charge in [-0.1, -0.05) is 6.07 Å². The largest absolute Gasteiger partial charge is 0.384 e. The molecule has 0 bridgehead atoms. The highest BCUT2D eigenvalue weighted by Crippen LogP contribution is 2.19. The van der Waals surface area contributed by atoms with Crippen LogP contribution in [0, 0.1) is 12.3 Å². The molecule has 0 atom stereocenters. The average Bonchev–Trinajstić information content (AvgIpc) is 2.39. The Labute approximate surface area is 113 Å². The van der Waals surface area contributed by atoms with Gasteiger partial charge >= 0.3 is 0 Å². The Kier molecular flexibility index (Phi) is 3.80. The van der Waals surface area contributed by atoms with Crippen LogP contribution in [0.15, 0.2) is 42.6 Å². The van der Waals surface area contributed by atoms with Gasteiger partial charge in [0.05, 0.1) is 12.2 Å². The molecular weight excluding hydrogens is 236 g/mol. The molecule has 0 aliphatic carbocycles. The molecule has 4 heteroatoms. The van der Waals surface area contributed by atoms with E-state index in [0.29, 0.717) is 0 Å². The number of pyridine rings is 1. The van der Waals surface area contributed by atoms with E-state index in [4.69, 9.17) is 11.1 Å². The maximum atomic E-state index is 7.49. The number of nitrogens with one attached hydrogen (secondary N) is 1. The van der Waals surface area contributed by atoms with Crippen LogP contribution >= 0.6 is 0 Å². The summed E-state index contributed by atoms with van der Waals surface area (Å²) in [5, 5.41) is 7.49. The van der Waals surface area contributed by atoms with Crippen molar-refractivity contribution in [3.63, 3.8) is 0 Å². The smallest absolute Gasteiger partial charge is 0.123 e. The third kappa shape index (κ3) is 3.10. The van der Waals surface area contributed by atoms with E-state index in [0.717, 1.165) is 29.1 Å². The lowest BCUT2D eigenvalue weighted by Crippen LogP contribution is -2.18. The molecular formula is C15H18N4. The van der Waals surface area contributed by atoms with Crippen LogP contribution in [-0.4, -0.2) is 17.9 Å². The van der Waals surface area contributed by atoms with Crippen molar-refractivity contribution in [1.82, 2.24) is 4.98 Å². The predicted molar refractivity (Wildman–Crippen MR) is 78.5 cm³/mol. The number of anilines is 1. The van der Waals surface area contributed by atoms with Crippen molar-refractivity contribution in [1.29, 1.82) is 5.41 Å². The van der Waals surface area contributed by atoms with E-state index in [2.05, 4.69) is 9.88 Å². The average molecular weight is 254 g/mol. The standard InChI is InChI=1S/C15H18N4/c1-11-9-13(6-7-14(11)15(16)17)19(2)10-12-5-3-4-8-18-12/h3-9H,10H2,1-2H3,(H3,16,17). The summed E-state index contributed by atoms with van der Waals surface area (Å²) in [6, 6.07) is 11.8. The summed E-state index contributed by atoms with van der Waals surface area (Å²) in [7, 11) is 2.02. The van der Waals surface area contributed by atoms with E-state index < -0.39 is 0 Å². The van der Waals surface area contributed by atoms with Gasteiger partial charge in [0.15, 0.2) is 0 Å².